The molecule has 1 N–H and O–H groups in total. The smallest absolute Gasteiger partial charge is 0.445 e. The largest absolute Gasteiger partial charge is 0.449 e. The van der Waals surface area contributed by atoms with Gasteiger partial charge in [0.2, 0.25) is 11.2 Å². The normalized spacial score (nSPS) is 35.0. The van der Waals surface area contributed by atoms with Gasteiger partial charge in [-0.15, -0.1) is 0 Å². The average molecular weight is 642 g/mol. The SMILES string of the molecule is CCC(C)(C(=O)OC1(C2CCCCC2)C(F)(F)C(O)(C(F)(F)F)OC(C2CCCCC2)(C(F)(F)F)C1(F)F)C(F)(F)F. The van der Waals surface area contributed by atoms with Crippen LogP contribution in [0.5, 0.6) is 0 Å². The molecule has 4 atom stereocenters. The third kappa shape index (κ3) is 4.51. The van der Waals surface area contributed by atoms with Crippen LogP contribution in [0, 0.1) is 17.3 Å². The summed E-state index contributed by atoms with van der Waals surface area (Å²) < 4.78 is 204. The van der Waals surface area contributed by atoms with E-state index in [2.05, 4.69) is 9.47 Å². The highest BCUT2D eigenvalue weighted by Gasteiger charge is 2.99. The number of hydrogen-bond acceptors (Lipinski definition) is 4. The Kier molecular flexibility index (Phi) is 8.77. The molecule has 246 valence electrons. The number of rotatable bonds is 5. The van der Waals surface area contributed by atoms with Crippen molar-refractivity contribution in [1.82, 2.24) is 0 Å². The molecule has 0 spiro atoms. The summed E-state index contributed by atoms with van der Waals surface area (Å²) in [6.07, 6.45) is -25.4. The van der Waals surface area contributed by atoms with E-state index in [1.165, 1.54) is 0 Å². The summed E-state index contributed by atoms with van der Waals surface area (Å²) >= 11 is 0. The number of esters is 1. The predicted octanol–water partition coefficient (Wildman–Crippen LogP) is 8.26. The molecule has 17 heteroatoms. The molecule has 2 aliphatic carbocycles. The third-order valence-electron chi connectivity index (χ3n) is 9.34. The minimum absolute atomic E-state index is 0.0353. The molecule has 1 aliphatic heterocycles. The molecular formula is C25H31F13O4. The van der Waals surface area contributed by atoms with Crippen LogP contribution in [0.1, 0.15) is 84.5 Å². The molecule has 4 nitrogen and oxygen atoms in total. The van der Waals surface area contributed by atoms with Crippen molar-refractivity contribution in [2.45, 2.75) is 132 Å². The van der Waals surface area contributed by atoms with Crippen molar-refractivity contribution in [3.63, 3.8) is 0 Å². The summed E-state index contributed by atoms with van der Waals surface area (Å²) in [5.74, 6) is -27.7. The standard InChI is InChI=1S/C25H31F13O4/c1-3-17(2,23(30,31)32)16(39)41-18(14-10-6-4-7-11-14)20(26,27)19(24(33,34)35,15-12-8-5-9-13-15)42-22(40,21(18,28)29)25(36,37)38/h14-15,40H,3-13H2,1-2H3. The molecule has 1 heterocycles. The van der Waals surface area contributed by atoms with Gasteiger partial charge < -0.3 is 14.6 Å². The fraction of sp³-hybridized carbons (Fsp3) is 0.960. The maximum Gasteiger partial charge on any atom is 0.449 e. The van der Waals surface area contributed by atoms with Crippen LogP contribution >= 0.6 is 0 Å². The first-order chi connectivity index (χ1) is 18.9. The highest BCUT2D eigenvalue weighted by molar-refractivity contribution is 5.78. The molecule has 42 heavy (non-hydrogen) atoms. The number of carbonyl (C=O) groups excluding carboxylic acids is 1. The highest BCUT2D eigenvalue weighted by atomic mass is 19.4. The number of halogens is 13. The van der Waals surface area contributed by atoms with Crippen molar-refractivity contribution in [2.24, 2.45) is 17.3 Å². The molecule has 0 aromatic rings. The van der Waals surface area contributed by atoms with E-state index in [0.29, 0.717) is 6.92 Å². The summed E-state index contributed by atoms with van der Waals surface area (Å²) in [6, 6.07) is 0. The lowest BCUT2D eigenvalue weighted by atomic mass is 9.58. The topological polar surface area (TPSA) is 55.8 Å². The fourth-order valence-electron chi connectivity index (χ4n) is 6.59. The first-order valence-electron chi connectivity index (χ1n) is 13.5. The Morgan fingerprint density at radius 3 is 1.55 bits per heavy atom. The van der Waals surface area contributed by atoms with Gasteiger partial charge in [0, 0.05) is 11.8 Å². The first-order valence-corrected chi connectivity index (χ1v) is 13.5. The Bertz CT molecular complexity index is 998. The van der Waals surface area contributed by atoms with Crippen molar-refractivity contribution in [3.8, 4) is 0 Å². The van der Waals surface area contributed by atoms with Crippen LogP contribution < -0.4 is 0 Å². The van der Waals surface area contributed by atoms with Gasteiger partial charge in [0.1, 0.15) is 0 Å². The molecule has 3 fully saturated rings. The monoisotopic (exact) mass is 642 g/mol. The quantitative estimate of drug-likeness (QED) is 0.243. The van der Waals surface area contributed by atoms with Gasteiger partial charge in [-0.2, -0.15) is 57.1 Å². The van der Waals surface area contributed by atoms with Crippen LogP contribution in [0.3, 0.4) is 0 Å². The summed E-state index contributed by atoms with van der Waals surface area (Å²) in [6.45, 7) is 0.698. The fourth-order valence-corrected chi connectivity index (χ4v) is 6.59. The molecule has 2 saturated carbocycles. The van der Waals surface area contributed by atoms with Crippen LogP contribution in [0.15, 0.2) is 0 Å². The molecule has 3 aliphatic rings. The lowest BCUT2D eigenvalue weighted by Crippen LogP contribution is -2.90. The second kappa shape index (κ2) is 10.5. The van der Waals surface area contributed by atoms with Gasteiger partial charge in [-0.1, -0.05) is 45.4 Å². The van der Waals surface area contributed by atoms with Gasteiger partial charge >= 0.3 is 42.1 Å². The molecular weight excluding hydrogens is 611 g/mol. The van der Waals surface area contributed by atoms with Crippen LogP contribution in [-0.2, 0) is 14.3 Å². The number of carbonyl (C=O) groups is 1. The molecule has 0 bridgehead atoms. The van der Waals surface area contributed by atoms with Crippen molar-refractivity contribution < 1.29 is 76.5 Å². The maximum atomic E-state index is 16.9. The summed E-state index contributed by atoms with van der Waals surface area (Å²) in [5, 5.41) is 10.5. The van der Waals surface area contributed by atoms with Crippen LogP contribution in [0.2, 0.25) is 0 Å². The van der Waals surface area contributed by atoms with E-state index >= 15 is 17.6 Å². The van der Waals surface area contributed by atoms with Crippen molar-refractivity contribution in [1.29, 1.82) is 0 Å². The lowest BCUT2D eigenvalue weighted by Gasteiger charge is -2.64. The molecule has 3 rings (SSSR count). The highest BCUT2D eigenvalue weighted by Crippen LogP contribution is 2.72. The lowest BCUT2D eigenvalue weighted by molar-refractivity contribution is -0.570. The van der Waals surface area contributed by atoms with Crippen LogP contribution in [-0.4, -0.2) is 58.4 Å². The van der Waals surface area contributed by atoms with Gasteiger partial charge in [0.05, 0.1) is 0 Å². The van der Waals surface area contributed by atoms with Gasteiger partial charge in [-0.3, -0.25) is 4.79 Å². The minimum atomic E-state index is -6.93. The number of ether oxygens (including phenoxy) is 2. The second-order valence-electron chi connectivity index (χ2n) is 11.6. The molecule has 4 unspecified atom stereocenters. The average Bonchev–Trinajstić information content (AvgIpc) is 2.87. The van der Waals surface area contributed by atoms with Gasteiger partial charge in [-0.05, 0) is 39.0 Å². The van der Waals surface area contributed by atoms with Gasteiger partial charge in [-0.25, -0.2) is 0 Å². The van der Waals surface area contributed by atoms with E-state index < -0.39 is 103 Å². The van der Waals surface area contributed by atoms with Crippen molar-refractivity contribution >= 4 is 5.97 Å². The van der Waals surface area contributed by atoms with Crippen molar-refractivity contribution in [3.05, 3.63) is 0 Å². The number of aliphatic hydroxyl groups is 1. The Hall–Kier alpha value is -1.52. The molecule has 0 radical (unpaired) electrons. The zero-order valence-corrected chi connectivity index (χ0v) is 22.5. The summed E-state index contributed by atoms with van der Waals surface area (Å²) in [7, 11) is 0. The van der Waals surface area contributed by atoms with Crippen LogP contribution in [0.4, 0.5) is 57.1 Å². The zero-order valence-electron chi connectivity index (χ0n) is 22.5. The van der Waals surface area contributed by atoms with Crippen molar-refractivity contribution in [2.75, 3.05) is 0 Å². The third-order valence-corrected chi connectivity index (χ3v) is 9.34. The zero-order chi connectivity index (χ0) is 32.4. The second-order valence-corrected chi connectivity index (χ2v) is 11.6. The predicted molar refractivity (Wildman–Crippen MR) is 117 cm³/mol. The molecule has 0 aromatic carbocycles. The maximum absolute atomic E-state index is 16.9. The molecule has 0 amide bonds. The summed E-state index contributed by atoms with van der Waals surface area (Å²) in [4.78, 5) is 13.0. The summed E-state index contributed by atoms with van der Waals surface area (Å²) in [5.41, 5.74) is -15.0. The Balaban J connectivity index is 2.53. The van der Waals surface area contributed by atoms with Gasteiger partial charge in [0.15, 0.2) is 5.41 Å². The number of alkyl halides is 13. The van der Waals surface area contributed by atoms with E-state index in [-0.39, 0.29) is 45.4 Å². The Labute approximate surface area is 232 Å². The minimum Gasteiger partial charge on any atom is -0.445 e. The van der Waals surface area contributed by atoms with E-state index in [1.807, 2.05) is 0 Å². The van der Waals surface area contributed by atoms with E-state index in [9.17, 15) is 49.4 Å². The molecule has 1 saturated heterocycles. The number of hydrogen-bond donors (Lipinski definition) is 1. The van der Waals surface area contributed by atoms with E-state index in [0.717, 1.165) is 0 Å². The van der Waals surface area contributed by atoms with Gasteiger partial charge in [0.25, 0.3) is 0 Å². The van der Waals surface area contributed by atoms with E-state index in [4.69, 9.17) is 0 Å². The first kappa shape index (κ1) is 35.0. The Morgan fingerprint density at radius 2 is 1.19 bits per heavy atom. The Morgan fingerprint density at radius 1 is 0.762 bits per heavy atom. The van der Waals surface area contributed by atoms with Crippen LogP contribution in [0.25, 0.3) is 0 Å². The molecule has 0 aromatic heterocycles. The van der Waals surface area contributed by atoms with E-state index in [1.54, 1.807) is 0 Å².